The molecule has 32 heavy (non-hydrogen) atoms. The first-order valence-corrected chi connectivity index (χ1v) is 11.4. The standard InChI is InChI=1S/C22H24N4O5S/c1-4-25(5-2)32(30,31)21-14-17(26(28)29)11-13-20(21)24-23-15(3)18-12-10-16-8-6-7-9-19(16)22(18)27/h6-14,24,27H,4-5H2,1-3H3. The Hall–Kier alpha value is -3.50. The number of hydrogen-bond donors (Lipinski definition) is 2. The van der Waals surface area contributed by atoms with E-state index in [9.17, 15) is 23.6 Å². The SMILES string of the molecule is CCN(CC)S(=O)(=O)c1cc([N+](=O)[O-])ccc1NN=C(C)c1ccc2ccccc2c1O. The molecule has 168 valence electrons. The van der Waals surface area contributed by atoms with Gasteiger partial charge in [-0.15, -0.1) is 0 Å². The number of hydrazone groups is 1. The zero-order valence-corrected chi connectivity index (χ0v) is 18.8. The predicted octanol–water partition coefficient (Wildman–Crippen LogP) is 4.32. The number of nitro groups is 1. The number of hydrogen-bond acceptors (Lipinski definition) is 7. The molecule has 0 bridgehead atoms. The highest BCUT2D eigenvalue weighted by atomic mass is 32.2. The van der Waals surface area contributed by atoms with E-state index in [1.165, 1.54) is 16.4 Å². The number of nitrogens with zero attached hydrogens (tertiary/aromatic N) is 3. The molecule has 0 amide bonds. The van der Waals surface area contributed by atoms with E-state index in [2.05, 4.69) is 10.5 Å². The van der Waals surface area contributed by atoms with Gasteiger partial charge in [0, 0.05) is 36.2 Å². The van der Waals surface area contributed by atoms with E-state index in [-0.39, 0.29) is 35.1 Å². The van der Waals surface area contributed by atoms with Crippen molar-refractivity contribution in [3.8, 4) is 5.75 Å². The first-order chi connectivity index (χ1) is 15.2. The molecular formula is C22H24N4O5S. The fourth-order valence-electron chi connectivity index (χ4n) is 3.38. The van der Waals surface area contributed by atoms with E-state index in [4.69, 9.17) is 0 Å². The average Bonchev–Trinajstić information content (AvgIpc) is 2.78. The summed E-state index contributed by atoms with van der Waals surface area (Å²) in [6.45, 7) is 5.48. The van der Waals surface area contributed by atoms with E-state index in [1.807, 2.05) is 24.3 Å². The summed E-state index contributed by atoms with van der Waals surface area (Å²) in [6.07, 6.45) is 0. The number of nitro benzene ring substituents is 1. The van der Waals surface area contributed by atoms with Crippen molar-refractivity contribution in [1.82, 2.24) is 4.31 Å². The Morgan fingerprint density at radius 3 is 2.47 bits per heavy atom. The van der Waals surface area contributed by atoms with Gasteiger partial charge in [-0.05, 0) is 24.4 Å². The highest BCUT2D eigenvalue weighted by Crippen LogP contribution is 2.31. The number of rotatable bonds is 8. The molecule has 0 aliphatic rings. The number of fused-ring (bicyclic) bond motifs is 1. The first-order valence-electron chi connectivity index (χ1n) is 10.0. The number of non-ortho nitro benzene ring substituents is 1. The van der Waals surface area contributed by atoms with Crippen LogP contribution in [0.15, 0.2) is 64.6 Å². The Bertz CT molecular complexity index is 1300. The maximum absolute atomic E-state index is 13.1. The molecule has 3 aromatic carbocycles. The van der Waals surface area contributed by atoms with Crippen LogP contribution in [0.4, 0.5) is 11.4 Å². The van der Waals surface area contributed by atoms with Crippen LogP contribution in [0.3, 0.4) is 0 Å². The second kappa shape index (κ2) is 9.33. The Labute approximate surface area is 186 Å². The summed E-state index contributed by atoms with van der Waals surface area (Å²) < 4.78 is 27.4. The lowest BCUT2D eigenvalue weighted by Gasteiger charge is -2.20. The topological polar surface area (TPSA) is 125 Å². The lowest BCUT2D eigenvalue weighted by Crippen LogP contribution is -2.31. The van der Waals surface area contributed by atoms with Crippen LogP contribution in [-0.2, 0) is 10.0 Å². The van der Waals surface area contributed by atoms with Crippen molar-refractivity contribution in [2.75, 3.05) is 18.5 Å². The fourth-order valence-corrected chi connectivity index (χ4v) is 5.00. The molecule has 0 fully saturated rings. The summed E-state index contributed by atoms with van der Waals surface area (Å²) in [5.41, 5.74) is 3.36. The number of phenols is 1. The third kappa shape index (κ3) is 4.41. The number of phenolic OH excluding ortho intramolecular Hbond substituents is 1. The van der Waals surface area contributed by atoms with E-state index in [0.717, 1.165) is 11.5 Å². The monoisotopic (exact) mass is 456 g/mol. The number of sulfonamides is 1. The van der Waals surface area contributed by atoms with Crippen molar-refractivity contribution in [1.29, 1.82) is 0 Å². The van der Waals surface area contributed by atoms with Gasteiger partial charge in [0.05, 0.1) is 16.3 Å². The fraction of sp³-hybridized carbons (Fsp3) is 0.227. The second-order valence-electron chi connectivity index (χ2n) is 7.02. The predicted molar refractivity (Wildman–Crippen MR) is 125 cm³/mol. The highest BCUT2D eigenvalue weighted by Gasteiger charge is 2.27. The maximum Gasteiger partial charge on any atom is 0.270 e. The van der Waals surface area contributed by atoms with Crippen molar-refractivity contribution in [3.63, 3.8) is 0 Å². The van der Waals surface area contributed by atoms with E-state index in [1.54, 1.807) is 32.9 Å². The van der Waals surface area contributed by atoms with Gasteiger partial charge in [0.15, 0.2) is 0 Å². The normalized spacial score (nSPS) is 12.3. The van der Waals surface area contributed by atoms with Crippen molar-refractivity contribution >= 4 is 37.9 Å². The summed E-state index contributed by atoms with van der Waals surface area (Å²) in [6, 6.07) is 14.5. The van der Waals surface area contributed by atoms with Gasteiger partial charge in [-0.3, -0.25) is 15.5 Å². The van der Waals surface area contributed by atoms with Gasteiger partial charge in [0.2, 0.25) is 10.0 Å². The summed E-state index contributed by atoms with van der Waals surface area (Å²) in [5, 5.41) is 27.7. The molecule has 0 saturated carbocycles. The maximum atomic E-state index is 13.1. The number of benzene rings is 3. The molecule has 0 aromatic heterocycles. The zero-order chi connectivity index (χ0) is 23.5. The molecule has 3 rings (SSSR count). The van der Waals surface area contributed by atoms with Crippen LogP contribution < -0.4 is 5.43 Å². The third-order valence-corrected chi connectivity index (χ3v) is 7.22. The molecule has 2 N–H and O–H groups in total. The Kier molecular flexibility index (Phi) is 6.75. The van der Waals surface area contributed by atoms with Crippen molar-refractivity contribution in [3.05, 3.63) is 70.3 Å². The molecule has 0 heterocycles. The summed E-state index contributed by atoms with van der Waals surface area (Å²) in [4.78, 5) is 10.3. The van der Waals surface area contributed by atoms with Crippen LogP contribution in [0.5, 0.6) is 5.75 Å². The molecule has 0 spiro atoms. The minimum atomic E-state index is -3.99. The van der Waals surface area contributed by atoms with Gasteiger partial charge < -0.3 is 5.11 Å². The van der Waals surface area contributed by atoms with E-state index in [0.29, 0.717) is 16.7 Å². The Morgan fingerprint density at radius 1 is 1.12 bits per heavy atom. The molecule has 0 aliphatic heterocycles. The minimum Gasteiger partial charge on any atom is -0.507 e. The number of aromatic hydroxyl groups is 1. The lowest BCUT2D eigenvalue weighted by molar-refractivity contribution is -0.385. The van der Waals surface area contributed by atoms with Crippen LogP contribution in [0.25, 0.3) is 10.8 Å². The van der Waals surface area contributed by atoms with Gasteiger partial charge in [0.25, 0.3) is 5.69 Å². The Balaban J connectivity index is 2.04. The molecular weight excluding hydrogens is 432 g/mol. The quantitative estimate of drug-likeness (QED) is 0.295. The zero-order valence-electron chi connectivity index (χ0n) is 17.9. The smallest absolute Gasteiger partial charge is 0.270 e. The van der Waals surface area contributed by atoms with Crippen LogP contribution in [0, 0.1) is 10.1 Å². The van der Waals surface area contributed by atoms with Gasteiger partial charge >= 0.3 is 0 Å². The van der Waals surface area contributed by atoms with Gasteiger partial charge in [0.1, 0.15) is 10.6 Å². The molecule has 0 atom stereocenters. The Morgan fingerprint density at radius 2 is 1.81 bits per heavy atom. The number of anilines is 1. The summed E-state index contributed by atoms with van der Waals surface area (Å²) in [7, 11) is -3.99. The van der Waals surface area contributed by atoms with Gasteiger partial charge in [-0.1, -0.05) is 44.2 Å². The third-order valence-electron chi connectivity index (χ3n) is 5.13. The average molecular weight is 457 g/mol. The van der Waals surface area contributed by atoms with Gasteiger partial charge in [-0.25, -0.2) is 8.42 Å². The molecule has 0 unspecified atom stereocenters. The molecule has 3 aromatic rings. The highest BCUT2D eigenvalue weighted by molar-refractivity contribution is 7.89. The van der Waals surface area contributed by atoms with Gasteiger partial charge in [-0.2, -0.15) is 9.41 Å². The van der Waals surface area contributed by atoms with Crippen LogP contribution >= 0.6 is 0 Å². The summed E-state index contributed by atoms with van der Waals surface area (Å²) in [5.74, 6) is 0.0610. The second-order valence-corrected chi connectivity index (χ2v) is 8.93. The molecule has 9 nitrogen and oxygen atoms in total. The summed E-state index contributed by atoms with van der Waals surface area (Å²) >= 11 is 0. The van der Waals surface area contributed by atoms with Crippen LogP contribution in [-0.4, -0.2) is 41.6 Å². The van der Waals surface area contributed by atoms with Crippen LogP contribution in [0.2, 0.25) is 0 Å². The van der Waals surface area contributed by atoms with Crippen molar-refractivity contribution in [2.45, 2.75) is 25.7 Å². The van der Waals surface area contributed by atoms with Crippen molar-refractivity contribution < 1.29 is 18.4 Å². The first kappa shape index (κ1) is 23.2. The molecule has 10 heteroatoms. The molecule has 0 aliphatic carbocycles. The van der Waals surface area contributed by atoms with E-state index >= 15 is 0 Å². The lowest BCUT2D eigenvalue weighted by atomic mass is 10.0. The largest absolute Gasteiger partial charge is 0.507 e. The molecule has 0 radical (unpaired) electrons. The van der Waals surface area contributed by atoms with Crippen LogP contribution in [0.1, 0.15) is 26.3 Å². The van der Waals surface area contributed by atoms with E-state index < -0.39 is 14.9 Å². The van der Waals surface area contributed by atoms with Crippen molar-refractivity contribution in [2.24, 2.45) is 5.10 Å². The molecule has 0 saturated heterocycles. The number of nitrogens with one attached hydrogen (secondary N) is 1. The minimum absolute atomic E-state index is 0.0610.